The van der Waals surface area contributed by atoms with Crippen LogP contribution in [0.25, 0.3) is 0 Å². The second-order valence-electron chi connectivity index (χ2n) is 2.21. The molecule has 0 unspecified atom stereocenters. The molecule has 0 aliphatic heterocycles. The third-order valence-electron chi connectivity index (χ3n) is 0.966. The van der Waals surface area contributed by atoms with Crippen molar-refractivity contribution in [3.8, 4) is 0 Å². The van der Waals surface area contributed by atoms with Gasteiger partial charge in [-0.3, -0.25) is 0 Å². The number of nitrogens with two attached hydrogens (primary N) is 1. The highest BCUT2D eigenvalue weighted by atomic mass is 14.5. The fourth-order valence-corrected chi connectivity index (χ4v) is 0.499. The van der Waals surface area contributed by atoms with Gasteiger partial charge in [0, 0.05) is 0 Å². The fourth-order valence-electron chi connectivity index (χ4n) is 0.499. The molecular weight excluding hydrogens is 110 g/mol. The molecule has 0 heterocycles. The summed E-state index contributed by atoms with van der Waals surface area (Å²) in [5.74, 6) is 0. The Morgan fingerprint density at radius 2 is 2.22 bits per heavy atom. The van der Waals surface area contributed by atoms with Crippen molar-refractivity contribution in [3.63, 3.8) is 0 Å². The van der Waals surface area contributed by atoms with Crippen molar-refractivity contribution in [1.82, 2.24) is 0 Å². The average Bonchev–Trinajstić information content (AvgIpc) is 1.80. The zero-order chi connectivity index (χ0) is 7.11. The van der Waals surface area contributed by atoms with Crippen LogP contribution in [-0.4, -0.2) is 6.54 Å². The Morgan fingerprint density at radius 3 is 2.67 bits per heavy atom. The maximum atomic E-state index is 5.27. The summed E-state index contributed by atoms with van der Waals surface area (Å²) >= 11 is 0. The molecule has 0 aliphatic rings. The summed E-state index contributed by atoms with van der Waals surface area (Å²) in [6, 6.07) is 0. The summed E-state index contributed by atoms with van der Waals surface area (Å²) in [4.78, 5) is 0. The van der Waals surface area contributed by atoms with Crippen molar-refractivity contribution >= 4 is 0 Å². The summed E-state index contributed by atoms with van der Waals surface area (Å²) < 4.78 is 0. The summed E-state index contributed by atoms with van der Waals surface area (Å²) in [5.41, 5.74) is 6.47. The lowest BCUT2D eigenvalue weighted by atomic mass is 10.2. The fraction of sp³-hybridized carbons (Fsp3) is 0.500. The summed E-state index contributed by atoms with van der Waals surface area (Å²) in [6.45, 7) is 6.53. The maximum absolute atomic E-state index is 5.27. The van der Waals surface area contributed by atoms with Crippen LogP contribution in [0.1, 0.15) is 19.8 Å². The van der Waals surface area contributed by atoms with Crippen molar-refractivity contribution in [2.75, 3.05) is 6.54 Å². The molecule has 0 radical (unpaired) electrons. The molecule has 0 atom stereocenters. The van der Waals surface area contributed by atoms with Crippen LogP contribution >= 0.6 is 0 Å². The van der Waals surface area contributed by atoms with Gasteiger partial charge in [-0.15, -0.1) is 0 Å². The normalized spacial score (nSPS) is 10.4. The van der Waals surface area contributed by atoms with Crippen molar-refractivity contribution in [2.24, 2.45) is 5.73 Å². The van der Waals surface area contributed by atoms with Gasteiger partial charge in [0.05, 0.1) is 0 Å². The molecule has 0 saturated carbocycles. The van der Waals surface area contributed by atoms with E-state index in [-0.39, 0.29) is 0 Å². The summed E-state index contributed by atoms with van der Waals surface area (Å²) in [5, 5.41) is 0. The molecule has 0 aromatic heterocycles. The Morgan fingerprint density at radius 1 is 1.56 bits per heavy atom. The first-order valence-electron chi connectivity index (χ1n) is 3.27. The number of hydrogen-bond acceptors (Lipinski definition) is 1. The molecule has 0 aromatic rings. The van der Waals surface area contributed by atoms with E-state index in [2.05, 4.69) is 18.7 Å². The Hall–Kier alpha value is -0.560. The van der Waals surface area contributed by atoms with E-state index in [4.69, 9.17) is 5.73 Å². The lowest BCUT2D eigenvalue weighted by molar-refractivity contribution is 1.00. The second-order valence-corrected chi connectivity index (χ2v) is 2.21. The van der Waals surface area contributed by atoms with Crippen LogP contribution < -0.4 is 5.73 Å². The van der Waals surface area contributed by atoms with Crippen LogP contribution in [0.15, 0.2) is 24.3 Å². The van der Waals surface area contributed by atoms with Gasteiger partial charge in [0.1, 0.15) is 0 Å². The summed E-state index contributed by atoms with van der Waals surface area (Å²) in [6.07, 6.45) is 6.16. The van der Waals surface area contributed by atoms with Crippen LogP contribution in [0, 0.1) is 0 Å². The van der Waals surface area contributed by atoms with E-state index in [0.29, 0.717) is 0 Å². The lowest BCUT2D eigenvalue weighted by Crippen LogP contribution is -1.94. The third kappa shape index (κ3) is 7.44. The number of hydrogen-bond donors (Lipinski definition) is 1. The molecule has 52 valence electrons. The minimum absolute atomic E-state index is 0.743. The second kappa shape index (κ2) is 5.57. The minimum atomic E-state index is 0.743. The first kappa shape index (κ1) is 8.44. The average molecular weight is 125 g/mol. The number of rotatable bonds is 4. The van der Waals surface area contributed by atoms with Gasteiger partial charge in [-0.25, -0.2) is 0 Å². The van der Waals surface area contributed by atoms with Crippen molar-refractivity contribution in [2.45, 2.75) is 19.8 Å². The van der Waals surface area contributed by atoms with E-state index in [9.17, 15) is 0 Å². The van der Waals surface area contributed by atoms with Gasteiger partial charge in [-0.1, -0.05) is 24.3 Å². The van der Waals surface area contributed by atoms with Gasteiger partial charge in [0.25, 0.3) is 0 Å². The van der Waals surface area contributed by atoms with Crippen LogP contribution in [0.4, 0.5) is 0 Å². The van der Waals surface area contributed by atoms with Gasteiger partial charge < -0.3 is 5.73 Å². The topological polar surface area (TPSA) is 26.0 Å². The minimum Gasteiger partial charge on any atom is -0.330 e. The third-order valence-corrected chi connectivity index (χ3v) is 0.966. The van der Waals surface area contributed by atoms with Gasteiger partial charge in [0.2, 0.25) is 0 Å². The van der Waals surface area contributed by atoms with E-state index in [0.717, 1.165) is 19.4 Å². The highest BCUT2D eigenvalue weighted by Gasteiger charge is 1.77. The van der Waals surface area contributed by atoms with E-state index >= 15 is 0 Å². The molecular formula is C8H15N. The van der Waals surface area contributed by atoms with Crippen LogP contribution in [0.5, 0.6) is 0 Å². The Balaban J connectivity index is 3.14. The highest BCUT2D eigenvalue weighted by molar-refractivity contribution is 4.98. The standard InChI is InChI=1S/C8H15N/c1-8(2)6-4-3-5-7-9/h3-4H,1,5-7,9H2,2H3. The van der Waals surface area contributed by atoms with Gasteiger partial charge in [-0.05, 0) is 26.3 Å². The molecule has 0 rings (SSSR count). The quantitative estimate of drug-likeness (QED) is 0.570. The number of allylic oxidation sites excluding steroid dienone is 2. The van der Waals surface area contributed by atoms with E-state index in [1.807, 2.05) is 6.92 Å². The van der Waals surface area contributed by atoms with E-state index < -0.39 is 0 Å². The Kier molecular flexibility index (Phi) is 5.23. The van der Waals surface area contributed by atoms with Crippen LogP contribution in [-0.2, 0) is 0 Å². The molecule has 1 nitrogen and oxygen atoms in total. The predicted octanol–water partition coefficient (Wildman–Crippen LogP) is 1.86. The molecule has 0 bridgehead atoms. The first-order valence-corrected chi connectivity index (χ1v) is 3.27. The lowest BCUT2D eigenvalue weighted by Gasteiger charge is -1.88. The zero-order valence-corrected chi connectivity index (χ0v) is 6.06. The smallest absolute Gasteiger partial charge is 0.00426 e. The van der Waals surface area contributed by atoms with Gasteiger partial charge in [0.15, 0.2) is 0 Å². The monoisotopic (exact) mass is 125 g/mol. The Bertz CT molecular complexity index is 103. The molecule has 2 N–H and O–H groups in total. The highest BCUT2D eigenvalue weighted by Crippen LogP contribution is 1.96. The van der Waals surface area contributed by atoms with Gasteiger partial charge >= 0.3 is 0 Å². The predicted molar refractivity (Wildman–Crippen MR) is 42.2 cm³/mol. The Labute approximate surface area is 57.3 Å². The van der Waals surface area contributed by atoms with Crippen molar-refractivity contribution in [1.29, 1.82) is 0 Å². The molecule has 0 amide bonds. The zero-order valence-electron chi connectivity index (χ0n) is 6.06. The van der Waals surface area contributed by atoms with Crippen molar-refractivity contribution < 1.29 is 0 Å². The van der Waals surface area contributed by atoms with E-state index in [1.165, 1.54) is 5.57 Å². The summed E-state index contributed by atoms with van der Waals surface area (Å²) in [7, 11) is 0. The van der Waals surface area contributed by atoms with Gasteiger partial charge in [-0.2, -0.15) is 0 Å². The SMILES string of the molecule is C=C(C)CC=CCCN. The molecule has 0 fully saturated rings. The molecule has 0 saturated heterocycles. The molecule has 0 aromatic carbocycles. The molecule has 9 heavy (non-hydrogen) atoms. The molecule has 0 spiro atoms. The van der Waals surface area contributed by atoms with Crippen LogP contribution in [0.3, 0.4) is 0 Å². The first-order chi connectivity index (χ1) is 4.27. The van der Waals surface area contributed by atoms with E-state index in [1.54, 1.807) is 0 Å². The van der Waals surface area contributed by atoms with Crippen LogP contribution in [0.2, 0.25) is 0 Å². The largest absolute Gasteiger partial charge is 0.330 e. The maximum Gasteiger partial charge on any atom is -0.00426 e. The molecule has 0 aliphatic carbocycles. The van der Waals surface area contributed by atoms with Crippen molar-refractivity contribution in [3.05, 3.63) is 24.3 Å². The molecule has 1 heteroatoms.